The summed E-state index contributed by atoms with van der Waals surface area (Å²) in [5, 5.41) is 21.5. The molecule has 0 bridgehead atoms. The molecule has 7 nitrogen and oxygen atoms in total. The number of fused-ring (bicyclic) bond motifs is 1. The molecule has 0 amide bonds. The molecule has 2 atom stereocenters. The van der Waals surface area contributed by atoms with E-state index < -0.39 is 29.2 Å². The Morgan fingerprint density at radius 2 is 1.90 bits per heavy atom. The predicted molar refractivity (Wildman–Crippen MR) is 145 cm³/mol. The summed E-state index contributed by atoms with van der Waals surface area (Å²) in [4.78, 5) is 4.43. The van der Waals surface area contributed by atoms with Crippen LogP contribution in [0.5, 0.6) is 0 Å². The van der Waals surface area contributed by atoms with Crippen molar-refractivity contribution in [3.8, 4) is 34.0 Å². The van der Waals surface area contributed by atoms with Crippen molar-refractivity contribution in [1.82, 2.24) is 25.1 Å². The number of nitrogens with one attached hydrogen (secondary N) is 1. The van der Waals surface area contributed by atoms with E-state index in [2.05, 4.69) is 20.5 Å². The molecule has 41 heavy (non-hydrogen) atoms. The first-order valence-corrected chi connectivity index (χ1v) is 13.2. The molecule has 2 aromatic heterocycles. The molecule has 2 N–H and O–H groups in total. The number of aliphatic hydroxyl groups excluding tert-OH is 1. The van der Waals surface area contributed by atoms with Crippen molar-refractivity contribution < 1.29 is 27.1 Å². The molecule has 0 aliphatic heterocycles. The Morgan fingerprint density at radius 1 is 1.10 bits per heavy atom. The number of alkyl halides is 3. The van der Waals surface area contributed by atoms with Gasteiger partial charge in [-0.3, -0.25) is 0 Å². The smallest absolute Gasteiger partial charge is 0.420 e. The summed E-state index contributed by atoms with van der Waals surface area (Å²) >= 11 is 0. The van der Waals surface area contributed by atoms with Crippen LogP contribution in [-0.2, 0) is 19.8 Å². The van der Waals surface area contributed by atoms with Gasteiger partial charge < -0.3 is 19.4 Å². The molecule has 0 spiro atoms. The SMILES string of the molecule is Cn1cnnc1-c1cc(F)ccc1-c1cccc(-c2nc3cc(CN[C@]4(C)CCC[C@@H]4O)cc(C(F)(F)F)c3o2)c1. The molecule has 0 radical (unpaired) electrons. The topological polar surface area (TPSA) is 89.0 Å². The Hall–Kier alpha value is -4.09. The summed E-state index contributed by atoms with van der Waals surface area (Å²) in [5.74, 6) is 0.0444. The van der Waals surface area contributed by atoms with Crippen molar-refractivity contribution in [3.05, 3.63) is 77.9 Å². The lowest BCUT2D eigenvalue weighted by Crippen LogP contribution is -2.47. The number of oxazole rings is 1. The molecule has 1 saturated carbocycles. The van der Waals surface area contributed by atoms with Crippen LogP contribution in [0.3, 0.4) is 0 Å². The van der Waals surface area contributed by atoms with Crippen molar-refractivity contribution in [1.29, 1.82) is 0 Å². The van der Waals surface area contributed by atoms with Crippen molar-refractivity contribution in [2.75, 3.05) is 0 Å². The standard InChI is InChI=1S/C30H27F4N5O2/c1-29(10-4-7-25(29)40)35-15-17-11-23(30(32,33)34)26-24(12-17)37-28(41-26)19-6-3-5-18(13-19)21-9-8-20(31)14-22(21)27-38-36-16-39(27)2/h3,5-6,8-9,11-14,16,25,35,40H,4,7,10,15H2,1-2H3/t25-,29+/m0/s1. The second-order valence-electron chi connectivity index (χ2n) is 10.7. The van der Waals surface area contributed by atoms with Gasteiger partial charge in [-0.15, -0.1) is 10.2 Å². The molecular formula is C30H27F4N5O2. The fraction of sp³-hybridized carbons (Fsp3) is 0.300. The Labute approximate surface area is 232 Å². The lowest BCUT2D eigenvalue weighted by Gasteiger charge is -2.29. The summed E-state index contributed by atoms with van der Waals surface area (Å²) in [6.45, 7) is 2.02. The Balaban J connectivity index is 1.39. The van der Waals surface area contributed by atoms with Gasteiger partial charge in [-0.2, -0.15) is 13.2 Å². The van der Waals surface area contributed by atoms with E-state index in [0.717, 1.165) is 18.9 Å². The quantitative estimate of drug-likeness (QED) is 0.228. The number of hydrogen-bond donors (Lipinski definition) is 2. The zero-order valence-corrected chi connectivity index (χ0v) is 22.3. The largest absolute Gasteiger partial charge is 0.435 e. The van der Waals surface area contributed by atoms with E-state index in [4.69, 9.17) is 4.42 Å². The molecule has 1 fully saturated rings. The molecule has 0 unspecified atom stereocenters. The maximum atomic E-state index is 14.2. The molecule has 11 heteroatoms. The van der Waals surface area contributed by atoms with E-state index in [1.165, 1.54) is 18.5 Å². The van der Waals surface area contributed by atoms with Gasteiger partial charge in [-0.25, -0.2) is 9.37 Å². The number of halogens is 4. The maximum Gasteiger partial charge on any atom is 0.420 e. The first-order chi connectivity index (χ1) is 19.5. The highest BCUT2D eigenvalue weighted by Gasteiger charge is 2.38. The highest BCUT2D eigenvalue weighted by molar-refractivity contribution is 5.84. The fourth-order valence-corrected chi connectivity index (χ4v) is 5.49. The number of aryl methyl sites for hydroxylation is 1. The average molecular weight is 566 g/mol. The van der Waals surface area contributed by atoms with E-state index in [1.807, 2.05) is 13.0 Å². The highest BCUT2D eigenvalue weighted by atomic mass is 19.4. The van der Waals surface area contributed by atoms with E-state index in [0.29, 0.717) is 40.1 Å². The predicted octanol–water partition coefficient (Wildman–Crippen LogP) is 6.51. The lowest BCUT2D eigenvalue weighted by atomic mass is 9.97. The second-order valence-corrected chi connectivity index (χ2v) is 10.7. The van der Waals surface area contributed by atoms with Gasteiger partial charge in [0.25, 0.3) is 0 Å². The fourth-order valence-electron chi connectivity index (χ4n) is 5.49. The van der Waals surface area contributed by atoms with Crippen LogP contribution in [0.1, 0.15) is 37.3 Å². The van der Waals surface area contributed by atoms with Crippen LogP contribution < -0.4 is 5.32 Å². The van der Waals surface area contributed by atoms with Gasteiger partial charge >= 0.3 is 6.18 Å². The maximum absolute atomic E-state index is 14.2. The monoisotopic (exact) mass is 565 g/mol. The third-order valence-corrected chi connectivity index (χ3v) is 7.82. The third kappa shape index (κ3) is 5.11. The number of hydrogen-bond acceptors (Lipinski definition) is 6. The summed E-state index contributed by atoms with van der Waals surface area (Å²) in [5.41, 5.74) is 0.942. The first-order valence-electron chi connectivity index (χ1n) is 13.2. The molecular weight excluding hydrogens is 538 g/mol. The van der Waals surface area contributed by atoms with E-state index in [-0.39, 0.29) is 23.5 Å². The van der Waals surface area contributed by atoms with Gasteiger partial charge in [-0.05, 0) is 79.3 Å². The molecule has 212 valence electrons. The van der Waals surface area contributed by atoms with Crippen molar-refractivity contribution in [2.45, 2.75) is 50.6 Å². The number of nitrogens with zero attached hydrogens (tertiary/aromatic N) is 4. The molecule has 1 aliphatic rings. The molecule has 1 aliphatic carbocycles. The van der Waals surface area contributed by atoms with Gasteiger partial charge in [0.2, 0.25) is 5.89 Å². The van der Waals surface area contributed by atoms with Crippen LogP contribution in [-0.4, -0.2) is 36.5 Å². The average Bonchev–Trinajstić information content (AvgIpc) is 3.65. The Bertz CT molecular complexity index is 1740. The van der Waals surface area contributed by atoms with E-state index in [1.54, 1.807) is 41.9 Å². The molecule has 6 rings (SSSR count). The van der Waals surface area contributed by atoms with Crippen LogP contribution in [0.25, 0.3) is 45.1 Å². The van der Waals surface area contributed by atoms with Crippen LogP contribution in [0.15, 0.2) is 65.3 Å². The zero-order chi connectivity index (χ0) is 28.9. The van der Waals surface area contributed by atoms with Gasteiger partial charge in [0, 0.05) is 30.3 Å². The summed E-state index contributed by atoms with van der Waals surface area (Å²) in [7, 11) is 1.75. The minimum absolute atomic E-state index is 0.0259. The van der Waals surface area contributed by atoms with Gasteiger partial charge in [0.15, 0.2) is 11.4 Å². The van der Waals surface area contributed by atoms with Crippen LogP contribution in [0.2, 0.25) is 0 Å². The Morgan fingerprint density at radius 3 is 2.61 bits per heavy atom. The Kier molecular flexibility index (Phi) is 6.66. The molecule has 2 heterocycles. The zero-order valence-electron chi connectivity index (χ0n) is 22.3. The summed E-state index contributed by atoms with van der Waals surface area (Å²) < 4.78 is 64.0. The van der Waals surface area contributed by atoms with Crippen LogP contribution >= 0.6 is 0 Å². The minimum atomic E-state index is -4.66. The highest BCUT2D eigenvalue weighted by Crippen LogP contribution is 2.39. The lowest BCUT2D eigenvalue weighted by molar-refractivity contribution is -0.136. The van der Waals surface area contributed by atoms with Crippen molar-refractivity contribution >= 4 is 11.1 Å². The first kappa shape index (κ1) is 27.1. The van der Waals surface area contributed by atoms with Crippen LogP contribution in [0.4, 0.5) is 17.6 Å². The minimum Gasteiger partial charge on any atom is -0.435 e. The molecule has 3 aromatic carbocycles. The number of aromatic nitrogens is 4. The second kappa shape index (κ2) is 10.1. The van der Waals surface area contributed by atoms with Gasteiger partial charge in [-0.1, -0.05) is 18.2 Å². The van der Waals surface area contributed by atoms with Crippen molar-refractivity contribution in [3.63, 3.8) is 0 Å². The summed E-state index contributed by atoms with van der Waals surface area (Å²) in [6.07, 6.45) is -1.48. The molecule has 0 saturated heterocycles. The van der Waals surface area contributed by atoms with Gasteiger partial charge in [0.05, 0.1) is 6.10 Å². The number of aliphatic hydroxyl groups is 1. The van der Waals surface area contributed by atoms with Crippen LogP contribution in [0, 0.1) is 5.82 Å². The van der Waals surface area contributed by atoms with Gasteiger partial charge in [0.1, 0.15) is 23.2 Å². The third-order valence-electron chi connectivity index (χ3n) is 7.82. The van der Waals surface area contributed by atoms with Crippen molar-refractivity contribution in [2.24, 2.45) is 7.05 Å². The number of rotatable bonds is 6. The number of benzene rings is 3. The normalized spacial score (nSPS) is 19.3. The summed E-state index contributed by atoms with van der Waals surface area (Å²) in [6, 6.07) is 13.9. The molecule has 5 aromatic rings. The van der Waals surface area contributed by atoms with E-state index in [9.17, 15) is 22.7 Å². The van der Waals surface area contributed by atoms with E-state index >= 15 is 0 Å².